The maximum absolute atomic E-state index is 8.21. The van der Waals surface area contributed by atoms with Gasteiger partial charge in [0.2, 0.25) is 0 Å². The second-order valence-electron chi connectivity index (χ2n) is 2.59. The van der Waals surface area contributed by atoms with Crippen LogP contribution in [0, 0.1) is 33.6 Å². The third-order valence-electron chi connectivity index (χ3n) is 0.385. The third-order valence-corrected chi connectivity index (χ3v) is 1.06. The molecule has 0 radical (unpaired) electrons. The zero-order chi connectivity index (χ0) is 8.62. The fourth-order valence-corrected chi connectivity index (χ4v) is 0. The van der Waals surface area contributed by atoms with Crippen LogP contribution in [-0.2, 0) is 0 Å². The molecular weight excluding hydrogens is 170 g/mol. The van der Waals surface area contributed by atoms with Gasteiger partial charge in [-0.25, -0.2) is 5.26 Å². The number of hydrogen-bond acceptors (Lipinski definition) is 3. The van der Waals surface area contributed by atoms with E-state index in [4.69, 9.17) is 15.8 Å². The average Bonchev–Trinajstić information content (AvgIpc) is 1.87. The van der Waals surface area contributed by atoms with Crippen LogP contribution in [0.2, 0.25) is 19.6 Å². The van der Waals surface area contributed by atoms with Crippen LogP contribution in [0.25, 0.3) is 0 Å². The van der Waals surface area contributed by atoms with E-state index in [-0.39, 0.29) is 11.0 Å². The van der Waals surface area contributed by atoms with Gasteiger partial charge >= 0.3 is 0 Å². The van der Waals surface area contributed by atoms with E-state index in [1.165, 1.54) is 12.1 Å². The summed E-state index contributed by atoms with van der Waals surface area (Å²) in [7, 11) is -1.33. The molecule has 0 unspecified atom stereocenters. The summed E-state index contributed by atoms with van der Waals surface area (Å²) < 4.78 is 0. The van der Waals surface area contributed by atoms with E-state index >= 15 is 0 Å². The Morgan fingerprint density at radius 2 is 1.09 bits per heavy atom. The van der Waals surface area contributed by atoms with Gasteiger partial charge in [-0.05, 0) is 11.0 Å². The summed E-state index contributed by atoms with van der Waals surface area (Å²) in [4.78, 5) is 0. The van der Waals surface area contributed by atoms with E-state index in [1.807, 2.05) is 19.6 Å². The highest BCUT2D eigenvalue weighted by atomic mass is 28.3. The lowest BCUT2D eigenvalue weighted by Crippen LogP contribution is -2.15. The summed E-state index contributed by atoms with van der Waals surface area (Å²) in [5.41, 5.74) is 2.24. The van der Waals surface area contributed by atoms with Gasteiger partial charge in [0.05, 0.1) is 0 Å². The van der Waals surface area contributed by atoms with Gasteiger partial charge in [0.15, 0.2) is 20.2 Å². The zero-order valence-electron chi connectivity index (χ0n) is 6.34. The van der Waals surface area contributed by atoms with Crippen molar-refractivity contribution in [1.29, 1.82) is 15.8 Å². The smallest absolute Gasteiger partial charge is 0.181 e. The fraction of sp³-hybridized carbons (Fsp3) is 0.500. The van der Waals surface area contributed by atoms with E-state index in [2.05, 4.69) is 5.69 Å². The topological polar surface area (TPSA) is 71.4 Å². The minimum absolute atomic E-state index is 0. The summed E-state index contributed by atoms with van der Waals surface area (Å²) >= 11 is 0. The maximum Gasteiger partial charge on any atom is 0.181 e. The van der Waals surface area contributed by atoms with Crippen molar-refractivity contribution in [3.63, 3.8) is 0 Å². The number of nitriles is 3. The third kappa shape index (κ3) is 50.3. The lowest BCUT2D eigenvalue weighted by Gasteiger charge is -1.96. The van der Waals surface area contributed by atoms with Crippen LogP contribution in [0.15, 0.2) is 0 Å². The standard InChI is InChI=1S/C4H9NSi.C2N2.H4Si/c1-6(2,3)4-5;3-1-2-4;/h1-3H3;;1H4. The first-order valence-corrected chi connectivity index (χ1v) is 6.17. The van der Waals surface area contributed by atoms with Gasteiger partial charge in [-0.1, -0.05) is 19.6 Å². The lowest BCUT2D eigenvalue weighted by atomic mass is 10.9. The van der Waals surface area contributed by atoms with Gasteiger partial charge < -0.3 is 0 Å². The van der Waals surface area contributed by atoms with Crippen molar-refractivity contribution in [3.8, 4) is 17.8 Å². The molecule has 11 heavy (non-hydrogen) atoms. The van der Waals surface area contributed by atoms with Gasteiger partial charge in [-0.3, -0.25) is 0 Å². The molecule has 5 heteroatoms. The van der Waals surface area contributed by atoms with E-state index in [0.717, 1.165) is 0 Å². The van der Waals surface area contributed by atoms with Crippen molar-refractivity contribution >= 4 is 19.0 Å². The quantitative estimate of drug-likeness (QED) is 0.495. The van der Waals surface area contributed by atoms with Gasteiger partial charge in [0.1, 0.15) is 0 Å². The highest BCUT2D eigenvalue weighted by molar-refractivity contribution is 6.83. The number of nitrogens with zero attached hydrogens (tertiary/aromatic N) is 3. The molecule has 0 aromatic carbocycles. The molecule has 0 aromatic rings. The molecule has 0 heterocycles. The van der Waals surface area contributed by atoms with Crippen LogP contribution in [0.5, 0.6) is 0 Å². The van der Waals surface area contributed by atoms with Gasteiger partial charge in [0, 0.05) is 5.69 Å². The van der Waals surface area contributed by atoms with Crippen molar-refractivity contribution in [2.24, 2.45) is 0 Å². The molecule has 0 saturated heterocycles. The van der Waals surface area contributed by atoms with Gasteiger partial charge in [-0.15, -0.1) is 0 Å². The van der Waals surface area contributed by atoms with Crippen LogP contribution in [0.3, 0.4) is 0 Å². The first kappa shape index (κ1) is 16.5. The Bertz CT molecular complexity index is 186. The van der Waals surface area contributed by atoms with Crippen LogP contribution in [-0.4, -0.2) is 19.0 Å². The molecule has 0 aliphatic heterocycles. The molecule has 0 aliphatic carbocycles. The summed E-state index contributed by atoms with van der Waals surface area (Å²) in [5, 5.41) is 22.7. The number of rotatable bonds is 0. The Morgan fingerprint density at radius 3 is 1.09 bits per heavy atom. The molecular formula is C6H13N3Si2. The highest BCUT2D eigenvalue weighted by Gasteiger charge is 2.09. The van der Waals surface area contributed by atoms with Gasteiger partial charge in [0.25, 0.3) is 0 Å². The summed E-state index contributed by atoms with van der Waals surface area (Å²) in [6.07, 6.45) is 0. The molecule has 0 spiro atoms. The predicted molar refractivity (Wildman–Crippen MR) is 51.5 cm³/mol. The summed E-state index contributed by atoms with van der Waals surface area (Å²) in [5.74, 6) is 0. The second-order valence-corrected chi connectivity index (χ2v) is 7.31. The van der Waals surface area contributed by atoms with E-state index in [1.54, 1.807) is 0 Å². The van der Waals surface area contributed by atoms with Crippen molar-refractivity contribution in [1.82, 2.24) is 0 Å². The van der Waals surface area contributed by atoms with Crippen molar-refractivity contribution in [2.75, 3.05) is 0 Å². The summed E-state index contributed by atoms with van der Waals surface area (Å²) in [6, 6.07) is 2.47. The molecule has 60 valence electrons. The van der Waals surface area contributed by atoms with Crippen LogP contribution < -0.4 is 0 Å². The second kappa shape index (κ2) is 8.90. The van der Waals surface area contributed by atoms with Crippen LogP contribution >= 0.6 is 0 Å². The molecule has 3 nitrogen and oxygen atoms in total. The Kier molecular flexibility index (Phi) is 13.3. The Labute approximate surface area is 72.9 Å². The van der Waals surface area contributed by atoms with Crippen LogP contribution in [0.1, 0.15) is 0 Å². The monoisotopic (exact) mass is 183 g/mol. The lowest BCUT2D eigenvalue weighted by molar-refractivity contribution is 1.49. The number of hydrogen-bond donors (Lipinski definition) is 0. The van der Waals surface area contributed by atoms with Crippen molar-refractivity contribution in [2.45, 2.75) is 19.6 Å². The van der Waals surface area contributed by atoms with Crippen molar-refractivity contribution in [3.05, 3.63) is 0 Å². The average molecular weight is 183 g/mol. The highest BCUT2D eigenvalue weighted by Crippen LogP contribution is 1.94. The molecule has 0 N–H and O–H groups in total. The summed E-state index contributed by atoms with van der Waals surface area (Å²) in [6.45, 7) is 6.06. The minimum Gasteiger partial charge on any atom is -0.207 e. The first-order valence-electron chi connectivity index (χ1n) is 2.67. The first-order chi connectivity index (χ1) is 4.47. The Hall–Kier alpha value is -1.10. The molecule has 0 saturated carbocycles. The van der Waals surface area contributed by atoms with Crippen molar-refractivity contribution < 1.29 is 0 Å². The molecule has 0 fully saturated rings. The molecule has 0 aromatic heterocycles. The molecule has 0 rings (SSSR count). The zero-order valence-corrected chi connectivity index (χ0v) is 7.34. The Morgan fingerprint density at radius 1 is 0.909 bits per heavy atom. The Balaban J connectivity index is -0.000000114. The molecule has 0 atom stereocenters. The van der Waals surface area contributed by atoms with Gasteiger partial charge in [-0.2, -0.15) is 10.5 Å². The largest absolute Gasteiger partial charge is 0.207 e. The minimum atomic E-state index is -1.33. The van der Waals surface area contributed by atoms with E-state index in [9.17, 15) is 0 Å². The fourth-order valence-electron chi connectivity index (χ4n) is 0. The van der Waals surface area contributed by atoms with E-state index in [0.29, 0.717) is 0 Å². The predicted octanol–water partition coefficient (Wildman–Crippen LogP) is -0.0307. The normalized spacial score (nSPS) is 6.55. The maximum atomic E-state index is 8.21. The van der Waals surface area contributed by atoms with Crippen LogP contribution in [0.4, 0.5) is 0 Å². The molecule has 0 aliphatic rings. The molecule has 0 amide bonds. The van der Waals surface area contributed by atoms with E-state index < -0.39 is 8.07 Å². The SMILES string of the molecule is C[Si](C)(C)C#N.N#CC#N.[SiH4]. The molecule has 0 bridgehead atoms.